The van der Waals surface area contributed by atoms with Crippen molar-refractivity contribution in [1.82, 2.24) is 0 Å². The fourth-order valence-electron chi connectivity index (χ4n) is 2.18. The van der Waals surface area contributed by atoms with E-state index in [4.69, 9.17) is 4.74 Å². The molecule has 2 heteroatoms. The molecule has 0 aromatic heterocycles. The van der Waals surface area contributed by atoms with Gasteiger partial charge in [0, 0.05) is 11.3 Å². The largest absolute Gasteiger partial charge is 0.496 e. The predicted octanol–water partition coefficient (Wildman–Crippen LogP) is 4.49. The van der Waals surface area contributed by atoms with Crippen LogP contribution in [0.1, 0.15) is 29.7 Å². The van der Waals surface area contributed by atoms with E-state index in [1.54, 1.807) is 7.11 Å². The molecular weight excluding hydrogens is 234 g/mol. The lowest BCUT2D eigenvalue weighted by Gasteiger charge is -2.19. The van der Waals surface area contributed by atoms with Gasteiger partial charge in [0.1, 0.15) is 5.75 Å². The number of methoxy groups -OCH3 is 1. The Morgan fingerprint density at radius 3 is 2.42 bits per heavy atom. The maximum atomic E-state index is 5.41. The van der Waals surface area contributed by atoms with Crippen LogP contribution >= 0.6 is 0 Å². The maximum absolute atomic E-state index is 5.41. The molecule has 0 radical (unpaired) electrons. The van der Waals surface area contributed by atoms with Crippen LogP contribution in [0.25, 0.3) is 0 Å². The van der Waals surface area contributed by atoms with Gasteiger partial charge < -0.3 is 10.1 Å². The van der Waals surface area contributed by atoms with Gasteiger partial charge in [-0.05, 0) is 50.1 Å². The lowest BCUT2D eigenvalue weighted by molar-refractivity contribution is 0.408. The molecule has 0 aliphatic carbocycles. The Morgan fingerprint density at radius 2 is 1.74 bits per heavy atom. The van der Waals surface area contributed by atoms with Crippen molar-refractivity contribution in [1.29, 1.82) is 0 Å². The van der Waals surface area contributed by atoms with Gasteiger partial charge in [-0.3, -0.25) is 0 Å². The van der Waals surface area contributed by atoms with E-state index in [-0.39, 0.29) is 6.04 Å². The van der Waals surface area contributed by atoms with Crippen LogP contribution < -0.4 is 10.1 Å². The molecule has 2 aromatic carbocycles. The Hall–Kier alpha value is -1.96. The summed E-state index contributed by atoms with van der Waals surface area (Å²) >= 11 is 0. The highest BCUT2D eigenvalue weighted by atomic mass is 16.5. The molecule has 0 aliphatic rings. The fraction of sp³-hybridized carbons (Fsp3) is 0.294. The van der Waals surface area contributed by atoms with Crippen LogP contribution in [0.15, 0.2) is 42.5 Å². The summed E-state index contributed by atoms with van der Waals surface area (Å²) in [6.07, 6.45) is 0. The van der Waals surface area contributed by atoms with E-state index in [0.29, 0.717) is 0 Å². The molecule has 1 unspecified atom stereocenters. The highest BCUT2D eigenvalue weighted by molar-refractivity contribution is 5.51. The number of anilines is 1. The van der Waals surface area contributed by atoms with Crippen molar-refractivity contribution in [2.45, 2.75) is 26.8 Å². The second-order valence-corrected chi connectivity index (χ2v) is 4.91. The van der Waals surface area contributed by atoms with Crippen LogP contribution in [0, 0.1) is 13.8 Å². The summed E-state index contributed by atoms with van der Waals surface area (Å²) in [6, 6.07) is 14.8. The van der Waals surface area contributed by atoms with Crippen LogP contribution in [0.5, 0.6) is 5.75 Å². The summed E-state index contributed by atoms with van der Waals surface area (Å²) in [6.45, 7) is 6.41. The lowest BCUT2D eigenvalue weighted by atomic mass is 10.1. The summed E-state index contributed by atoms with van der Waals surface area (Å²) in [5, 5.41) is 3.52. The van der Waals surface area contributed by atoms with E-state index in [0.717, 1.165) is 11.4 Å². The van der Waals surface area contributed by atoms with Gasteiger partial charge in [0.05, 0.1) is 13.2 Å². The Labute approximate surface area is 115 Å². The molecule has 0 heterocycles. The van der Waals surface area contributed by atoms with Crippen molar-refractivity contribution >= 4 is 5.69 Å². The van der Waals surface area contributed by atoms with Crippen molar-refractivity contribution in [2.24, 2.45) is 0 Å². The molecule has 0 saturated carbocycles. The molecule has 0 saturated heterocycles. The van der Waals surface area contributed by atoms with Gasteiger partial charge in [-0.25, -0.2) is 0 Å². The molecule has 0 spiro atoms. The predicted molar refractivity (Wildman–Crippen MR) is 80.9 cm³/mol. The number of aryl methyl sites for hydroxylation is 2. The third-order valence-electron chi connectivity index (χ3n) is 3.50. The molecule has 2 aromatic rings. The van der Waals surface area contributed by atoms with Gasteiger partial charge in [-0.15, -0.1) is 0 Å². The Kier molecular flexibility index (Phi) is 4.10. The molecule has 0 bridgehead atoms. The molecule has 2 rings (SSSR count). The average Bonchev–Trinajstić information content (AvgIpc) is 2.43. The molecule has 1 atom stereocenters. The van der Waals surface area contributed by atoms with Gasteiger partial charge in [0.2, 0.25) is 0 Å². The minimum Gasteiger partial charge on any atom is -0.496 e. The Balaban J connectivity index is 2.20. The van der Waals surface area contributed by atoms with Crippen molar-refractivity contribution in [2.75, 3.05) is 12.4 Å². The van der Waals surface area contributed by atoms with Gasteiger partial charge in [0.25, 0.3) is 0 Å². The third kappa shape index (κ3) is 3.08. The Morgan fingerprint density at radius 1 is 1.00 bits per heavy atom. The van der Waals surface area contributed by atoms with Gasteiger partial charge in [0.15, 0.2) is 0 Å². The minimum absolute atomic E-state index is 0.207. The van der Waals surface area contributed by atoms with E-state index in [1.807, 2.05) is 18.2 Å². The van der Waals surface area contributed by atoms with Crippen molar-refractivity contribution < 1.29 is 4.74 Å². The summed E-state index contributed by atoms with van der Waals surface area (Å²) in [7, 11) is 1.71. The number of hydrogen-bond donors (Lipinski definition) is 1. The maximum Gasteiger partial charge on any atom is 0.124 e. The summed E-state index contributed by atoms with van der Waals surface area (Å²) in [5.74, 6) is 0.923. The monoisotopic (exact) mass is 255 g/mol. The van der Waals surface area contributed by atoms with E-state index in [2.05, 4.69) is 50.4 Å². The zero-order valence-corrected chi connectivity index (χ0v) is 12.0. The zero-order chi connectivity index (χ0) is 13.8. The van der Waals surface area contributed by atoms with Crippen molar-refractivity contribution in [3.8, 4) is 5.75 Å². The molecule has 0 fully saturated rings. The summed E-state index contributed by atoms with van der Waals surface area (Å²) in [5.41, 5.74) is 4.93. The topological polar surface area (TPSA) is 21.3 Å². The quantitative estimate of drug-likeness (QED) is 0.869. The van der Waals surface area contributed by atoms with E-state index in [1.165, 1.54) is 16.7 Å². The standard InChI is InChI=1S/C17H21NO/c1-12-9-10-15(11-13(12)2)18-14(3)16-7-5-6-8-17(16)19-4/h5-11,14,18H,1-4H3. The minimum atomic E-state index is 0.207. The first-order chi connectivity index (χ1) is 9.11. The van der Waals surface area contributed by atoms with Crippen LogP contribution in [0.3, 0.4) is 0 Å². The Bertz CT molecular complexity index is 563. The first-order valence-corrected chi connectivity index (χ1v) is 6.58. The van der Waals surface area contributed by atoms with Crippen LogP contribution in [0.4, 0.5) is 5.69 Å². The van der Waals surface area contributed by atoms with Gasteiger partial charge in [-0.1, -0.05) is 24.3 Å². The van der Waals surface area contributed by atoms with E-state index < -0.39 is 0 Å². The van der Waals surface area contributed by atoms with E-state index in [9.17, 15) is 0 Å². The molecule has 2 nitrogen and oxygen atoms in total. The third-order valence-corrected chi connectivity index (χ3v) is 3.50. The van der Waals surface area contributed by atoms with Crippen molar-refractivity contribution in [3.63, 3.8) is 0 Å². The normalized spacial score (nSPS) is 12.0. The molecule has 100 valence electrons. The highest BCUT2D eigenvalue weighted by Crippen LogP contribution is 2.27. The molecule has 19 heavy (non-hydrogen) atoms. The van der Waals surface area contributed by atoms with Crippen LogP contribution in [0.2, 0.25) is 0 Å². The number of nitrogens with one attached hydrogen (secondary N) is 1. The number of rotatable bonds is 4. The zero-order valence-electron chi connectivity index (χ0n) is 12.0. The molecule has 0 aliphatic heterocycles. The molecule has 0 amide bonds. The summed E-state index contributed by atoms with van der Waals surface area (Å²) in [4.78, 5) is 0. The second kappa shape index (κ2) is 5.79. The molecular formula is C17H21NO. The number of hydrogen-bond acceptors (Lipinski definition) is 2. The first-order valence-electron chi connectivity index (χ1n) is 6.58. The van der Waals surface area contributed by atoms with Gasteiger partial charge in [-0.2, -0.15) is 0 Å². The molecule has 1 N–H and O–H groups in total. The van der Waals surface area contributed by atoms with Crippen LogP contribution in [-0.4, -0.2) is 7.11 Å². The number of para-hydroxylation sites is 1. The average molecular weight is 255 g/mol. The first kappa shape index (κ1) is 13.5. The smallest absolute Gasteiger partial charge is 0.124 e. The lowest BCUT2D eigenvalue weighted by Crippen LogP contribution is -2.08. The SMILES string of the molecule is COc1ccccc1C(C)Nc1ccc(C)c(C)c1. The fourth-order valence-corrected chi connectivity index (χ4v) is 2.18. The highest BCUT2D eigenvalue weighted by Gasteiger charge is 2.10. The van der Waals surface area contributed by atoms with Crippen LogP contribution in [-0.2, 0) is 0 Å². The van der Waals surface area contributed by atoms with Gasteiger partial charge >= 0.3 is 0 Å². The van der Waals surface area contributed by atoms with E-state index >= 15 is 0 Å². The number of ether oxygens (including phenoxy) is 1. The van der Waals surface area contributed by atoms with Crippen molar-refractivity contribution in [3.05, 3.63) is 59.2 Å². The summed E-state index contributed by atoms with van der Waals surface area (Å²) < 4.78 is 5.41. The number of benzene rings is 2. The second-order valence-electron chi connectivity index (χ2n) is 4.91.